The summed E-state index contributed by atoms with van der Waals surface area (Å²) in [5, 5.41) is 26.1. The molecule has 0 spiro atoms. The third-order valence-corrected chi connectivity index (χ3v) is 6.90. The molecule has 2 aliphatic rings. The standard InChI is InChI=1S/C24H26ClN9O/c1-35-9-8-33-6-4-16(5-7-33)19-10-15(12-26)11-20(21(19)25)30-22-31-23(28-17-2-3-17)34-14-18(13-27)29-24(34)32-22/h10-11,14,16-17H,2-9H2,1H3,(H2,28,29,30,31,32). The van der Waals surface area contributed by atoms with E-state index in [0.717, 1.165) is 57.5 Å². The van der Waals surface area contributed by atoms with Crippen molar-refractivity contribution in [1.82, 2.24) is 24.3 Å². The summed E-state index contributed by atoms with van der Waals surface area (Å²) in [6, 6.07) is 8.25. The van der Waals surface area contributed by atoms with Gasteiger partial charge in [-0.3, -0.25) is 4.40 Å². The van der Waals surface area contributed by atoms with Crippen LogP contribution in [-0.4, -0.2) is 63.6 Å². The molecule has 11 heteroatoms. The van der Waals surface area contributed by atoms with E-state index in [9.17, 15) is 10.5 Å². The fraction of sp³-hybridized carbons (Fsp3) is 0.458. The highest BCUT2D eigenvalue weighted by molar-refractivity contribution is 6.34. The van der Waals surface area contributed by atoms with Gasteiger partial charge in [-0.2, -0.15) is 25.5 Å². The van der Waals surface area contributed by atoms with Crippen molar-refractivity contribution in [1.29, 1.82) is 10.5 Å². The van der Waals surface area contributed by atoms with Gasteiger partial charge in [0.1, 0.15) is 6.07 Å². The Morgan fingerprint density at radius 3 is 2.60 bits per heavy atom. The zero-order valence-electron chi connectivity index (χ0n) is 19.5. The lowest BCUT2D eigenvalue weighted by Gasteiger charge is -2.32. The maximum absolute atomic E-state index is 9.67. The normalized spacial score (nSPS) is 16.7. The van der Waals surface area contributed by atoms with Gasteiger partial charge in [0.05, 0.1) is 35.1 Å². The number of piperidine rings is 1. The van der Waals surface area contributed by atoms with Crippen LogP contribution in [-0.2, 0) is 4.74 Å². The smallest absolute Gasteiger partial charge is 0.241 e. The Hall–Kier alpha value is -3.44. The first-order valence-electron chi connectivity index (χ1n) is 11.7. The van der Waals surface area contributed by atoms with E-state index < -0.39 is 0 Å². The van der Waals surface area contributed by atoms with Crippen LogP contribution in [0.15, 0.2) is 18.3 Å². The molecule has 1 aliphatic carbocycles. The van der Waals surface area contributed by atoms with E-state index in [0.29, 0.717) is 40.0 Å². The number of imidazole rings is 1. The summed E-state index contributed by atoms with van der Waals surface area (Å²) in [6.45, 7) is 3.56. The van der Waals surface area contributed by atoms with Crippen LogP contribution in [0.25, 0.3) is 5.78 Å². The van der Waals surface area contributed by atoms with Gasteiger partial charge in [0, 0.05) is 19.7 Å². The number of hydrogen-bond donors (Lipinski definition) is 2. The van der Waals surface area contributed by atoms with Crippen molar-refractivity contribution in [3.8, 4) is 12.1 Å². The highest BCUT2D eigenvalue weighted by Gasteiger charge is 2.26. The Balaban J connectivity index is 1.43. The molecular weight excluding hydrogens is 466 g/mol. The molecule has 0 amide bonds. The Morgan fingerprint density at radius 2 is 1.91 bits per heavy atom. The van der Waals surface area contributed by atoms with Gasteiger partial charge < -0.3 is 20.3 Å². The molecular formula is C24H26ClN9O. The van der Waals surface area contributed by atoms with E-state index in [1.807, 2.05) is 12.1 Å². The molecule has 0 atom stereocenters. The molecule has 2 N–H and O–H groups in total. The summed E-state index contributed by atoms with van der Waals surface area (Å²) < 4.78 is 6.88. The minimum absolute atomic E-state index is 0.260. The predicted molar refractivity (Wildman–Crippen MR) is 132 cm³/mol. The third-order valence-electron chi connectivity index (χ3n) is 6.47. The molecule has 0 unspecified atom stereocenters. The number of benzene rings is 1. The van der Waals surface area contributed by atoms with Gasteiger partial charge in [0.25, 0.3) is 0 Å². The summed E-state index contributed by atoms with van der Waals surface area (Å²) in [6.07, 6.45) is 5.67. The van der Waals surface area contributed by atoms with Crippen LogP contribution >= 0.6 is 11.6 Å². The molecule has 35 heavy (non-hydrogen) atoms. The SMILES string of the molecule is COCCN1CCC(c2cc(C#N)cc(Nc3nc(NC4CC4)n4cc(C#N)nc4n3)c2Cl)CC1. The number of ether oxygens (including phenoxy) is 1. The van der Waals surface area contributed by atoms with E-state index in [-0.39, 0.29) is 11.6 Å². The minimum Gasteiger partial charge on any atom is -0.383 e. The number of rotatable bonds is 8. The van der Waals surface area contributed by atoms with Crippen molar-refractivity contribution in [3.63, 3.8) is 0 Å². The lowest BCUT2D eigenvalue weighted by Crippen LogP contribution is -2.35. The van der Waals surface area contributed by atoms with Gasteiger partial charge >= 0.3 is 0 Å². The molecule has 0 bridgehead atoms. The second-order valence-corrected chi connectivity index (χ2v) is 9.35. The van der Waals surface area contributed by atoms with E-state index in [2.05, 4.69) is 36.6 Å². The largest absolute Gasteiger partial charge is 0.383 e. The lowest BCUT2D eigenvalue weighted by atomic mass is 9.88. The van der Waals surface area contributed by atoms with Crippen LogP contribution in [0.5, 0.6) is 0 Å². The van der Waals surface area contributed by atoms with Crippen molar-refractivity contribution < 1.29 is 4.74 Å². The molecule has 3 heterocycles. The number of anilines is 3. The zero-order chi connectivity index (χ0) is 24.4. The Labute approximate surface area is 208 Å². The molecule has 2 fully saturated rings. The van der Waals surface area contributed by atoms with E-state index in [1.54, 1.807) is 23.8 Å². The van der Waals surface area contributed by atoms with Crippen molar-refractivity contribution in [2.24, 2.45) is 0 Å². The first-order valence-corrected chi connectivity index (χ1v) is 12.1. The zero-order valence-corrected chi connectivity index (χ0v) is 20.2. The molecule has 10 nitrogen and oxygen atoms in total. The monoisotopic (exact) mass is 491 g/mol. The number of nitrogens with one attached hydrogen (secondary N) is 2. The topological polar surface area (TPSA) is 127 Å². The highest BCUT2D eigenvalue weighted by Crippen LogP contribution is 2.38. The van der Waals surface area contributed by atoms with Crippen LogP contribution in [0.3, 0.4) is 0 Å². The Kier molecular flexibility index (Phi) is 6.69. The van der Waals surface area contributed by atoms with Crippen LogP contribution in [0.1, 0.15) is 48.4 Å². The van der Waals surface area contributed by atoms with Crippen LogP contribution in [0, 0.1) is 22.7 Å². The fourth-order valence-electron chi connectivity index (χ4n) is 4.41. The first-order chi connectivity index (χ1) is 17.1. The van der Waals surface area contributed by atoms with Crippen LogP contribution < -0.4 is 10.6 Å². The van der Waals surface area contributed by atoms with Gasteiger partial charge in [0.2, 0.25) is 17.7 Å². The average molecular weight is 492 g/mol. The number of likely N-dealkylation sites (tertiary alicyclic amines) is 1. The summed E-state index contributed by atoms with van der Waals surface area (Å²) in [7, 11) is 1.72. The van der Waals surface area contributed by atoms with E-state index in [4.69, 9.17) is 16.3 Å². The molecule has 1 saturated carbocycles. The van der Waals surface area contributed by atoms with Gasteiger partial charge in [0.15, 0.2) is 5.69 Å². The molecule has 1 aliphatic heterocycles. The second kappa shape index (κ2) is 10.0. The second-order valence-electron chi connectivity index (χ2n) is 8.97. The van der Waals surface area contributed by atoms with Crippen LogP contribution in [0.4, 0.5) is 17.6 Å². The van der Waals surface area contributed by atoms with E-state index >= 15 is 0 Å². The van der Waals surface area contributed by atoms with Gasteiger partial charge in [-0.05, 0) is 62.4 Å². The number of nitrogens with zero attached hydrogens (tertiary/aromatic N) is 7. The predicted octanol–water partition coefficient (Wildman–Crippen LogP) is 3.66. The number of aromatic nitrogens is 4. The number of fused-ring (bicyclic) bond motifs is 1. The average Bonchev–Trinajstić information content (AvgIpc) is 3.59. The first kappa shape index (κ1) is 23.3. The van der Waals surface area contributed by atoms with Gasteiger partial charge in [-0.15, -0.1) is 0 Å². The molecule has 0 radical (unpaired) electrons. The minimum atomic E-state index is 0.260. The summed E-state index contributed by atoms with van der Waals surface area (Å²) >= 11 is 6.88. The van der Waals surface area contributed by atoms with Crippen LogP contribution in [0.2, 0.25) is 5.02 Å². The maximum atomic E-state index is 9.67. The molecule has 180 valence electrons. The number of hydrogen-bond acceptors (Lipinski definition) is 9. The number of nitriles is 2. The Morgan fingerprint density at radius 1 is 1.11 bits per heavy atom. The van der Waals surface area contributed by atoms with Gasteiger partial charge in [-0.25, -0.2) is 0 Å². The van der Waals surface area contributed by atoms with E-state index in [1.165, 1.54) is 0 Å². The van der Waals surface area contributed by atoms with Crippen molar-refractivity contribution in [3.05, 3.63) is 40.2 Å². The molecule has 5 rings (SSSR count). The lowest BCUT2D eigenvalue weighted by molar-refractivity contribution is 0.130. The molecule has 1 saturated heterocycles. The Bertz CT molecular complexity index is 1310. The number of halogens is 1. The van der Waals surface area contributed by atoms with Crippen molar-refractivity contribution in [2.45, 2.75) is 37.6 Å². The molecule has 3 aromatic rings. The fourth-order valence-corrected chi connectivity index (χ4v) is 4.72. The number of methoxy groups -OCH3 is 1. The highest BCUT2D eigenvalue weighted by atomic mass is 35.5. The maximum Gasteiger partial charge on any atom is 0.241 e. The van der Waals surface area contributed by atoms with Gasteiger partial charge in [-0.1, -0.05) is 11.6 Å². The summed E-state index contributed by atoms with van der Waals surface area (Å²) in [5.41, 5.74) is 2.33. The third kappa shape index (κ3) is 5.15. The molecule has 2 aromatic heterocycles. The quantitative estimate of drug-likeness (QED) is 0.485. The summed E-state index contributed by atoms with van der Waals surface area (Å²) in [4.78, 5) is 15.8. The van der Waals surface area contributed by atoms with Crippen molar-refractivity contribution >= 4 is 35.0 Å². The summed E-state index contributed by atoms with van der Waals surface area (Å²) in [5.74, 6) is 1.48. The molecule has 1 aromatic carbocycles. The van der Waals surface area contributed by atoms with Crippen molar-refractivity contribution in [2.75, 3.05) is 44.0 Å².